The lowest BCUT2D eigenvalue weighted by Gasteiger charge is -2.55. The van der Waals surface area contributed by atoms with Gasteiger partial charge in [-0.25, -0.2) is 0 Å². The van der Waals surface area contributed by atoms with Crippen LogP contribution < -0.4 is 0 Å². The first kappa shape index (κ1) is 15.9. The van der Waals surface area contributed by atoms with E-state index in [2.05, 4.69) is 33.8 Å². The number of fused-ring (bicyclic) bond motifs is 3. The van der Waals surface area contributed by atoms with Gasteiger partial charge in [-0.3, -0.25) is 0 Å². The molecule has 0 bridgehead atoms. The lowest BCUT2D eigenvalue weighted by atomic mass is 9.50. The van der Waals surface area contributed by atoms with Gasteiger partial charge in [0.1, 0.15) is 5.75 Å². The fraction of sp³-hybridized carbons (Fsp3) is 0.700. The van der Waals surface area contributed by atoms with E-state index in [1.165, 1.54) is 17.5 Å². The number of hydrogen-bond acceptors (Lipinski definition) is 2. The van der Waals surface area contributed by atoms with Crippen molar-refractivity contribution in [3.63, 3.8) is 0 Å². The van der Waals surface area contributed by atoms with Gasteiger partial charge in [0, 0.05) is 6.61 Å². The lowest BCUT2D eigenvalue weighted by Crippen LogP contribution is -2.50. The predicted octanol–water partition coefficient (Wildman–Crippen LogP) is 4.52. The molecule has 2 N–H and O–H groups in total. The van der Waals surface area contributed by atoms with Crippen molar-refractivity contribution < 1.29 is 10.2 Å². The Morgan fingerprint density at radius 3 is 2.59 bits per heavy atom. The zero-order chi connectivity index (χ0) is 16.1. The van der Waals surface area contributed by atoms with Crippen molar-refractivity contribution in [2.45, 2.75) is 71.1 Å². The van der Waals surface area contributed by atoms with Crippen LogP contribution in [-0.4, -0.2) is 16.8 Å². The predicted molar refractivity (Wildman–Crippen MR) is 90.4 cm³/mol. The van der Waals surface area contributed by atoms with E-state index >= 15 is 0 Å². The molecule has 3 rings (SSSR count). The molecule has 0 aromatic heterocycles. The SMILES string of the molecule is CC(C)c1cc2c(cc1O)[C@@]1(C)CCC[C@](C)(CO)[C@H]1CC2. The van der Waals surface area contributed by atoms with Crippen molar-refractivity contribution in [2.75, 3.05) is 6.61 Å². The van der Waals surface area contributed by atoms with E-state index in [-0.39, 0.29) is 17.4 Å². The number of aliphatic hydroxyl groups excluding tert-OH is 1. The minimum Gasteiger partial charge on any atom is -0.508 e. The normalized spacial score (nSPS) is 34.4. The van der Waals surface area contributed by atoms with Crippen molar-refractivity contribution >= 4 is 0 Å². The van der Waals surface area contributed by atoms with E-state index in [1.807, 2.05) is 6.07 Å². The summed E-state index contributed by atoms with van der Waals surface area (Å²) >= 11 is 0. The molecule has 1 aromatic carbocycles. The number of phenolic OH excluding ortho intramolecular Hbond substituents is 1. The van der Waals surface area contributed by atoms with Gasteiger partial charge in [0.2, 0.25) is 0 Å². The van der Waals surface area contributed by atoms with Crippen LogP contribution in [0.2, 0.25) is 0 Å². The smallest absolute Gasteiger partial charge is 0.119 e. The maximum absolute atomic E-state index is 10.5. The Bertz CT molecular complexity index is 577. The van der Waals surface area contributed by atoms with Crippen molar-refractivity contribution in [3.8, 4) is 5.75 Å². The third-order valence-electron chi connectivity index (χ3n) is 6.61. The molecule has 0 spiro atoms. The number of phenols is 1. The van der Waals surface area contributed by atoms with Gasteiger partial charge in [0.25, 0.3) is 0 Å². The molecule has 2 aliphatic carbocycles. The molecule has 0 radical (unpaired) electrons. The number of aryl methyl sites for hydroxylation is 1. The quantitative estimate of drug-likeness (QED) is 0.843. The van der Waals surface area contributed by atoms with Gasteiger partial charge in [-0.05, 0) is 71.1 Å². The Balaban J connectivity index is 2.11. The Morgan fingerprint density at radius 2 is 1.95 bits per heavy atom. The van der Waals surface area contributed by atoms with Crippen LogP contribution in [0.25, 0.3) is 0 Å². The zero-order valence-corrected chi connectivity index (χ0v) is 14.4. The van der Waals surface area contributed by atoms with Crippen LogP contribution >= 0.6 is 0 Å². The Labute approximate surface area is 134 Å². The van der Waals surface area contributed by atoms with Gasteiger partial charge >= 0.3 is 0 Å². The molecule has 0 amide bonds. The molecular formula is C20H30O2. The van der Waals surface area contributed by atoms with E-state index in [4.69, 9.17) is 0 Å². The molecule has 1 fully saturated rings. The van der Waals surface area contributed by atoms with Crippen LogP contribution in [0, 0.1) is 11.3 Å². The highest BCUT2D eigenvalue weighted by Gasteiger charge is 2.51. The molecule has 1 aromatic rings. The second-order valence-electron chi connectivity index (χ2n) is 8.40. The molecule has 0 heterocycles. The van der Waals surface area contributed by atoms with E-state index in [0.717, 1.165) is 31.2 Å². The molecule has 2 aliphatic rings. The zero-order valence-electron chi connectivity index (χ0n) is 14.4. The lowest BCUT2D eigenvalue weighted by molar-refractivity contribution is -0.0179. The molecule has 2 heteroatoms. The highest BCUT2D eigenvalue weighted by Crippen LogP contribution is 2.57. The van der Waals surface area contributed by atoms with E-state index in [0.29, 0.717) is 17.6 Å². The fourth-order valence-corrected chi connectivity index (χ4v) is 5.31. The van der Waals surface area contributed by atoms with Crippen LogP contribution in [0.1, 0.15) is 76.0 Å². The highest BCUT2D eigenvalue weighted by molar-refractivity contribution is 5.48. The second kappa shape index (κ2) is 5.26. The topological polar surface area (TPSA) is 40.5 Å². The van der Waals surface area contributed by atoms with Crippen molar-refractivity contribution in [2.24, 2.45) is 11.3 Å². The molecule has 22 heavy (non-hydrogen) atoms. The molecule has 1 saturated carbocycles. The van der Waals surface area contributed by atoms with Crippen molar-refractivity contribution in [1.29, 1.82) is 0 Å². The minimum atomic E-state index is 0.0248. The summed E-state index contributed by atoms with van der Waals surface area (Å²) < 4.78 is 0. The molecule has 122 valence electrons. The molecule has 0 aliphatic heterocycles. The molecule has 2 nitrogen and oxygen atoms in total. The maximum Gasteiger partial charge on any atom is 0.119 e. The molecular weight excluding hydrogens is 272 g/mol. The minimum absolute atomic E-state index is 0.0248. The Morgan fingerprint density at radius 1 is 1.23 bits per heavy atom. The number of rotatable bonds is 2. The van der Waals surface area contributed by atoms with E-state index < -0.39 is 0 Å². The second-order valence-corrected chi connectivity index (χ2v) is 8.40. The third kappa shape index (κ3) is 2.19. The highest BCUT2D eigenvalue weighted by atomic mass is 16.3. The van der Waals surface area contributed by atoms with E-state index in [9.17, 15) is 10.2 Å². The summed E-state index contributed by atoms with van der Waals surface area (Å²) in [5.74, 6) is 1.31. The number of hydrogen-bond donors (Lipinski definition) is 2. The van der Waals surface area contributed by atoms with Gasteiger partial charge in [0.05, 0.1) is 0 Å². The molecule has 0 unspecified atom stereocenters. The summed E-state index contributed by atoms with van der Waals surface area (Å²) in [6.45, 7) is 9.16. The van der Waals surface area contributed by atoms with E-state index in [1.54, 1.807) is 0 Å². The summed E-state index contributed by atoms with van der Waals surface area (Å²) in [6, 6.07) is 4.28. The van der Waals surface area contributed by atoms with Crippen LogP contribution in [0.5, 0.6) is 5.75 Å². The summed E-state index contributed by atoms with van der Waals surface area (Å²) in [6.07, 6.45) is 5.68. The van der Waals surface area contributed by atoms with Crippen molar-refractivity contribution in [1.82, 2.24) is 0 Å². The monoisotopic (exact) mass is 302 g/mol. The standard InChI is InChI=1S/C20H30O2/c1-13(2)15-10-14-6-7-18-19(3,12-21)8-5-9-20(18,4)16(14)11-17(15)22/h10-11,13,18,21-22H,5-9,12H2,1-4H3/t18-,19-,20-/m1/s1. The number of aliphatic hydroxyl groups is 1. The largest absolute Gasteiger partial charge is 0.508 e. The van der Waals surface area contributed by atoms with Gasteiger partial charge in [0.15, 0.2) is 0 Å². The Kier molecular flexibility index (Phi) is 3.79. The number of benzene rings is 1. The Hall–Kier alpha value is -1.02. The average molecular weight is 302 g/mol. The molecule has 3 atom stereocenters. The summed E-state index contributed by atoms with van der Waals surface area (Å²) in [5, 5.41) is 20.5. The fourth-order valence-electron chi connectivity index (χ4n) is 5.31. The van der Waals surface area contributed by atoms with Crippen molar-refractivity contribution in [3.05, 3.63) is 28.8 Å². The van der Waals surface area contributed by atoms with Gasteiger partial charge in [-0.2, -0.15) is 0 Å². The first-order chi connectivity index (χ1) is 10.3. The summed E-state index contributed by atoms with van der Waals surface area (Å²) in [7, 11) is 0. The summed E-state index contributed by atoms with van der Waals surface area (Å²) in [4.78, 5) is 0. The first-order valence-corrected chi connectivity index (χ1v) is 8.79. The van der Waals surface area contributed by atoms with Gasteiger partial charge in [-0.15, -0.1) is 0 Å². The third-order valence-corrected chi connectivity index (χ3v) is 6.61. The van der Waals surface area contributed by atoms with Crippen LogP contribution in [0.4, 0.5) is 0 Å². The number of aromatic hydroxyl groups is 1. The van der Waals surface area contributed by atoms with Gasteiger partial charge in [-0.1, -0.05) is 40.2 Å². The van der Waals surface area contributed by atoms with Crippen LogP contribution in [-0.2, 0) is 11.8 Å². The molecule has 0 saturated heterocycles. The van der Waals surface area contributed by atoms with Crippen LogP contribution in [0.15, 0.2) is 12.1 Å². The van der Waals surface area contributed by atoms with Gasteiger partial charge < -0.3 is 10.2 Å². The average Bonchev–Trinajstić information content (AvgIpc) is 2.47. The maximum atomic E-state index is 10.5. The van der Waals surface area contributed by atoms with Crippen LogP contribution in [0.3, 0.4) is 0 Å². The summed E-state index contributed by atoms with van der Waals surface area (Å²) in [5.41, 5.74) is 3.95. The first-order valence-electron chi connectivity index (χ1n) is 8.79.